The monoisotopic (exact) mass is 356 g/mol. The van der Waals surface area contributed by atoms with Crippen LogP contribution in [-0.2, 0) is 5.54 Å². The summed E-state index contributed by atoms with van der Waals surface area (Å²) in [5.74, 6) is 0.752. The Morgan fingerprint density at radius 1 is 1.31 bits per heavy atom. The molecule has 0 radical (unpaired) electrons. The van der Waals surface area contributed by atoms with E-state index in [4.69, 9.17) is 4.74 Å². The van der Waals surface area contributed by atoms with E-state index in [-0.39, 0.29) is 17.5 Å². The van der Waals surface area contributed by atoms with Crippen LogP contribution in [-0.4, -0.2) is 41.9 Å². The van der Waals surface area contributed by atoms with Gasteiger partial charge in [-0.25, -0.2) is 0 Å². The normalized spacial score (nSPS) is 17.4. The van der Waals surface area contributed by atoms with Crippen molar-refractivity contribution in [2.45, 2.75) is 45.7 Å². The maximum Gasteiger partial charge on any atom is 0.272 e. The van der Waals surface area contributed by atoms with Crippen LogP contribution in [0.3, 0.4) is 0 Å². The van der Waals surface area contributed by atoms with Gasteiger partial charge < -0.3 is 15.0 Å². The Bertz CT molecular complexity index is 791. The Morgan fingerprint density at radius 3 is 2.69 bits per heavy atom. The van der Waals surface area contributed by atoms with Crippen molar-refractivity contribution in [2.75, 3.05) is 25.1 Å². The van der Waals surface area contributed by atoms with Gasteiger partial charge in [0.05, 0.1) is 18.3 Å². The second kappa shape index (κ2) is 7.02. The third-order valence-corrected chi connectivity index (χ3v) is 4.70. The maximum absolute atomic E-state index is 12.6. The van der Waals surface area contributed by atoms with Gasteiger partial charge in [-0.05, 0) is 52.3 Å². The van der Waals surface area contributed by atoms with Gasteiger partial charge >= 0.3 is 0 Å². The highest BCUT2D eigenvalue weighted by atomic mass is 16.5. The van der Waals surface area contributed by atoms with Crippen molar-refractivity contribution in [1.29, 1.82) is 0 Å². The maximum atomic E-state index is 12.6. The van der Waals surface area contributed by atoms with Gasteiger partial charge in [0.1, 0.15) is 11.4 Å². The molecule has 26 heavy (non-hydrogen) atoms. The third-order valence-electron chi connectivity index (χ3n) is 4.70. The molecule has 1 fully saturated rings. The summed E-state index contributed by atoms with van der Waals surface area (Å²) in [6, 6.07) is 9.94. The van der Waals surface area contributed by atoms with Crippen molar-refractivity contribution >= 4 is 11.6 Å². The van der Waals surface area contributed by atoms with E-state index in [1.165, 1.54) is 0 Å². The first kappa shape index (κ1) is 18.3. The Kier molecular flexibility index (Phi) is 4.94. The van der Waals surface area contributed by atoms with Crippen molar-refractivity contribution in [3.63, 3.8) is 0 Å². The van der Waals surface area contributed by atoms with Crippen LogP contribution in [0.1, 0.15) is 43.4 Å². The number of ether oxygens (including phenoxy) is 1. The number of hydrogen-bond acceptors (Lipinski definition) is 4. The van der Waals surface area contributed by atoms with Gasteiger partial charge in [-0.3, -0.25) is 9.48 Å². The summed E-state index contributed by atoms with van der Waals surface area (Å²) >= 11 is 0. The molecule has 1 aromatic carbocycles. The molecule has 0 bridgehead atoms. The number of amides is 1. The molecule has 1 aromatic heterocycles. The number of rotatable bonds is 4. The van der Waals surface area contributed by atoms with Crippen molar-refractivity contribution in [2.24, 2.45) is 0 Å². The Hall–Kier alpha value is -2.50. The average molecular weight is 356 g/mol. The number of nitrogens with one attached hydrogen (secondary N) is 1. The lowest BCUT2D eigenvalue weighted by Crippen LogP contribution is -2.37. The van der Waals surface area contributed by atoms with Crippen LogP contribution in [0, 0.1) is 6.92 Å². The largest absolute Gasteiger partial charge is 0.495 e. The number of nitrogens with zero attached hydrogens (tertiary/aromatic N) is 3. The molecule has 1 amide bonds. The van der Waals surface area contributed by atoms with E-state index in [0.717, 1.165) is 36.6 Å². The van der Waals surface area contributed by atoms with E-state index in [2.05, 4.69) is 42.2 Å². The van der Waals surface area contributed by atoms with Crippen LogP contribution in [0.5, 0.6) is 5.75 Å². The van der Waals surface area contributed by atoms with Gasteiger partial charge in [0.15, 0.2) is 0 Å². The van der Waals surface area contributed by atoms with Gasteiger partial charge in [0, 0.05) is 24.8 Å². The molecule has 3 rings (SSSR count). The Labute approximate surface area is 155 Å². The molecule has 2 aromatic rings. The number of benzene rings is 1. The summed E-state index contributed by atoms with van der Waals surface area (Å²) in [6.07, 6.45) is 0.906. The first-order valence-corrected chi connectivity index (χ1v) is 9.05. The quantitative estimate of drug-likeness (QED) is 0.915. The molecule has 0 saturated carbocycles. The fourth-order valence-corrected chi connectivity index (χ4v) is 3.51. The van der Waals surface area contributed by atoms with Gasteiger partial charge in [0.25, 0.3) is 5.91 Å². The SMILES string of the molecule is COc1ccccc1N1CCC(NC(=O)c2cc(C)n(C(C)(C)C)n2)C1. The predicted molar refractivity (Wildman–Crippen MR) is 103 cm³/mol. The molecule has 1 unspecified atom stereocenters. The first-order valence-electron chi connectivity index (χ1n) is 9.05. The van der Waals surface area contributed by atoms with Gasteiger partial charge in [-0.1, -0.05) is 12.1 Å². The van der Waals surface area contributed by atoms with Crippen molar-refractivity contribution in [3.05, 3.63) is 41.7 Å². The van der Waals surface area contributed by atoms with Gasteiger partial charge in [0.2, 0.25) is 0 Å². The van der Waals surface area contributed by atoms with Crippen LogP contribution in [0.4, 0.5) is 5.69 Å². The molecule has 1 saturated heterocycles. The van der Waals surface area contributed by atoms with E-state index in [1.54, 1.807) is 7.11 Å². The van der Waals surface area contributed by atoms with Crippen LogP contribution >= 0.6 is 0 Å². The van der Waals surface area contributed by atoms with Crippen LogP contribution < -0.4 is 15.0 Å². The number of methoxy groups -OCH3 is 1. The minimum absolute atomic E-state index is 0.104. The molecular formula is C20H28N4O2. The number of carbonyl (C=O) groups is 1. The molecule has 6 heteroatoms. The zero-order chi connectivity index (χ0) is 18.9. The highest BCUT2D eigenvalue weighted by Crippen LogP contribution is 2.30. The minimum atomic E-state index is -0.142. The molecular weight excluding hydrogens is 328 g/mol. The van der Waals surface area contributed by atoms with E-state index in [0.29, 0.717) is 5.69 Å². The predicted octanol–water partition coefficient (Wildman–Crippen LogP) is 2.96. The standard InChI is InChI=1S/C20H28N4O2/c1-14-12-16(22-24(14)20(2,3)4)19(25)21-15-10-11-23(13-15)17-8-6-7-9-18(17)26-5/h6-9,12,15H,10-11,13H2,1-5H3,(H,21,25). The van der Waals surface area contributed by atoms with Crippen molar-refractivity contribution in [3.8, 4) is 5.75 Å². The summed E-state index contributed by atoms with van der Waals surface area (Å²) in [6.45, 7) is 9.88. The van der Waals surface area contributed by atoms with Gasteiger partial charge in [-0.15, -0.1) is 0 Å². The zero-order valence-corrected chi connectivity index (χ0v) is 16.2. The smallest absolute Gasteiger partial charge is 0.272 e. The summed E-state index contributed by atoms with van der Waals surface area (Å²) in [5, 5.41) is 7.63. The minimum Gasteiger partial charge on any atom is -0.495 e. The summed E-state index contributed by atoms with van der Waals surface area (Å²) in [7, 11) is 1.68. The molecule has 2 heterocycles. The van der Waals surface area contributed by atoms with Crippen LogP contribution in [0.15, 0.2) is 30.3 Å². The second-order valence-electron chi connectivity index (χ2n) is 7.83. The molecule has 6 nitrogen and oxygen atoms in total. The molecule has 1 atom stereocenters. The highest BCUT2D eigenvalue weighted by Gasteiger charge is 2.27. The fraction of sp³-hybridized carbons (Fsp3) is 0.500. The molecule has 1 aliphatic heterocycles. The summed E-state index contributed by atoms with van der Waals surface area (Å²) < 4.78 is 7.35. The molecule has 1 N–H and O–H groups in total. The van der Waals surface area contributed by atoms with E-state index < -0.39 is 0 Å². The second-order valence-corrected chi connectivity index (χ2v) is 7.83. The summed E-state index contributed by atoms with van der Waals surface area (Å²) in [5.41, 5.74) is 2.40. The summed E-state index contributed by atoms with van der Waals surface area (Å²) in [4.78, 5) is 14.9. The number of aryl methyl sites for hydroxylation is 1. The van der Waals surface area contributed by atoms with Crippen LogP contribution in [0.2, 0.25) is 0 Å². The van der Waals surface area contributed by atoms with E-state index >= 15 is 0 Å². The van der Waals surface area contributed by atoms with E-state index in [1.807, 2.05) is 35.9 Å². The average Bonchev–Trinajstić information content (AvgIpc) is 3.21. The van der Waals surface area contributed by atoms with Gasteiger partial charge in [-0.2, -0.15) is 5.10 Å². The number of anilines is 1. The highest BCUT2D eigenvalue weighted by molar-refractivity contribution is 5.92. The lowest BCUT2D eigenvalue weighted by atomic mass is 10.1. The number of hydrogen-bond donors (Lipinski definition) is 1. The lowest BCUT2D eigenvalue weighted by Gasteiger charge is -2.21. The zero-order valence-electron chi connectivity index (χ0n) is 16.2. The Balaban J connectivity index is 1.66. The Morgan fingerprint density at radius 2 is 2.04 bits per heavy atom. The number of carbonyl (C=O) groups excluding carboxylic acids is 1. The van der Waals surface area contributed by atoms with Crippen molar-refractivity contribution in [1.82, 2.24) is 15.1 Å². The van der Waals surface area contributed by atoms with Crippen molar-refractivity contribution < 1.29 is 9.53 Å². The molecule has 140 valence electrons. The third kappa shape index (κ3) is 3.69. The number of aromatic nitrogens is 2. The number of para-hydroxylation sites is 2. The van der Waals surface area contributed by atoms with Crippen LogP contribution in [0.25, 0.3) is 0 Å². The topological polar surface area (TPSA) is 59.4 Å². The molecule has 1 aliphatic rings. The fourth-order valence-electron chi connectivity index (χ4n) is 3.51. The first-order chi connectivity index (χ1) is 12.3. The molecule has 0 aliphatic carbocycles. The van der Waals surface area contributed by atoms with E-state index in [9.17, 15) is 4.79 Å². The lowest BCUT2D eigenvalue weighted by molar-refractivity contribution is 0.0933. The molecule has 0 spiro atoms.